The van der Waals surface area contributed by atoms with Gasteiger partial charge in [0.1, 0.15) is 6.61 Å². The molecule has 0 saturated carbocycles. The van der Waals surface area contributed by atoms with Gasteiger partial charge in [0.2, 0.25) is 5.91 Å². The number of pyridine rings is 1. The molecule has 1 aliphatic rings. The first-order valence-corrected chi connectivity index (χ1v) is 11.2. The largest absolute Gasteiger partial charge is 0.490 e. The van der Waals surface area contributed by atoms with Crippen molar-refractivity contribution in [1.29, 1.82) is 0 Å². The normalized spacial score (nSPS) is 14.5. The number of ether oxygens (including phenoxy) is 2. The molecule has 1 aromatic carbocycles. The number of likely N-dealkylation sites (N-methyl/N-ethyl adjacent to an activating group) is 1. The van der Waals surface area contributed by atoms with Crippen LogP contribution in [0.1, 0.15) is 36.2 Å². The van der Waals surface area contributed by atoms with Crippen LogP contribution in [-0.2, 0) is 11.4 Å². The number of nitrogens with one attached hydrogen (secondary N) is 1. The number of amides is 2. The highest BCUT2D eigenvalue weighted by molar-refractivity contribution is 5.95. The molecule has 1 aromatic heterocycles. The van der Waals surface area contributed by atoms with Crippen LogP contribution in [0, 0.1) is 0 Å². The molecule has 32 heavy (non-hydrogen) atoms. The average Bonchev–Trinajstić information content (AvgIpc) is 3.04. The number of carbonyl (C=O) groups is 2. The molecule has 0 radical (unpaired) electrons. The van der Waals surface area contributed by atoms with Gasteiger partial charge in [-0.25, -0.2) is 0 Å². The van der Waals surface area contributed by atoms with E-state index < -0.39 is 0 Å². The minimum atomic E-state index is -0.0374. The van der Waals surface area contributed by atoms with Crippen LogP contribution in [0.15, 0.2) is 42.7 Å². The van der Waals surface area contributed by atoms with Gasteiger partial charge in [-0.15, -0.1) is 0 Å². The summed E-state index contributed by atoms with van der Waals surface area (Å²) in [7, 11) is 0. The summed E-state index contributed by atoms with van der Waals surface area (Å²) in [6.45, 7) is 8.36. The van der Waals surface area contributed by atoms with E-state index in [4.69, 9.17) is 9.47 Å². The van der Waals surface area contributed by atoms with Crippen molar-refractivity contribution in [3.63, 3.8) is 0 Å². The first kappa shape index (κ1) is 23.5. The maximum Gasteiger partial charge on any atom is 0.254 e. The Morgan fingerprint density at radius 1 is 1.06 bits per heavy atom. The molecule has 2 aromatic rings. The Morgan fingerprint density at radius 2 is 1.94 bits per heavy atom. The van der Waals surface area contributed by atoms with Gasteiger partial charge in [0.15, 0.2) is 11.5 Å². The standard InChI is InChI=1S/C24H32N4O4/c1-3-26-23(29)17-27-11-6-12-28(14-13-27)24(30)20-8-9-21(22(15-20)31-4-2)32-18-19-7-5-10-25-16-19/h5,7-10,15-16H,3-4,6,11-14,17-18H2,1-2H3,(H,26,29). The van der Waals surface area contributed by atoms with E-state index in [1.165, 1.54) is 0 Å². The van der Waals surface area contributed by atoms with Crippen LogP contribution in [0.2, 0.25) is 0 Å². The van der Waals surface area contributed by atoms with Crippen molar-refractivity contribution in [2.45, 2.75) is 26.9 Å². The summed E-state index contributed by atoms with van der Waals surface area (Å²) < 4.78 is 11.7. The maximum atomic E-state index is 13.2. The second-order valence-corrected chi connectivity index (χ2v) is 7.62. The van der Waals surface area contributed by atoms with Gasteiger partial charge in [-0.1, -0.05) is 6.07 Å². The zero-order valence-corrected chi connectivity index (χ0v) is 18.9. The number of rotatable bonds is 9. The summed E-state index contributed by atoms with van der Waals surface area (Å²) >= 11 is 0. The summed E-state index contributed by atoms with van der Waals surface area (Å²) in [5.74, 6) is 1.13. The zero-order chi connectivity index (χ0) is 22.8. The summed E-state index contributed by atoms with van der Waals surface area (Å²) in [6, 6.07) is 9.12. The van der Waals surface area contributed by atoms with E-state index in [1.54, 1.807) is 30.6 Å². The van der Waals surface area contributed by atoms with Crippen molar-refractivity contribution in [1.82, 2.24) is 20.1 Å². The predicted octanol–water partition coefficient (Wildman–Crippen LogP) is 2.34. The van der Waals surface area contributed by atoms with E-state index in [2.05, 4.69) is 15.2 Å². The van der Waals surface area contributed by atoms with Crippen LogP contribution < -0.4 is 14.8 Å². The Kier molecular flexibility index (Phi) is 8.86. The fraction of sp³-hybridized carbons (Fsp3) is 0.458. The van der Waals surface area contributed by atoms with Crippen LogP contribution in [-0.4, -0.2) is 72.5 Å². The molecule has 2 heterocycles. The molecule has 8 nitrogen and oxygen atoms in total. The second kappa shape index (κ2) is 12.0. The molecule has 0 aliphatic carbocycles. The molecular formula is C24H32N4O4. The third-order valence-corrected chi connectivity index (χ3v) is 5.22. The fourth-order valence-electron chi connectivity index (χ4n) is 3.64. The molecule has 1 fully saturated rings. The van der Waals surface area contributed by atoms with Crippen LogP contribution in [0.3, 0.4) is 0 Å². The molecular weight excluding hydrogens is 408 g/mol. The smallest absolute Gasteiger partial charge is 0.254 e. The third-order valence-electron chi connectivity index (χ3n) is 5.22. The Bertz CT molecular complexity index is 891. The molecule has 0 spiro atoms. The molecule has 0 atom stereocenters. The minimum absolute atomic E-state index is 0.0236. The van der Waals surface area contributed by atoms with Gasteiger partial charge in [-0.2, -0.15) is 0 Å². The van der Waals surface area contributed by atoms with E-state index in [9.17, 15) is 9.59 Å². The second-order valence-electron chi connectivity index (χ2n) is 7.62. The lowest BCUT2D eigenvalue weighted by molar-refractivity contribution is -0.122. The van der Waals surface area contributed by atoms with Gasteiger partial charge < -0.3 is 19.7 Å². The maximum absolute atomic E-state index is 13.2. The van der Waals surface area contributed by atoms with Gasteiger partial charge in [-0.3, -0.25) is 19.5 Å². The van der Waals surface area contributed by atoms with Crippen molar-refractivity contribution in [2.24, 2.45) is 0 Å². The van der Waals surface area contributed by atoms with Crippen LogP contribution in [0.25, 0.3) is 0 Å². The lowest BCUT2D eigenvalue weighted by Gasteiger charge is -2.22. The van der Waals surface area contributed by atoms with E-state index in [0.717, 1.165) is 18.5 Å². The number of nitrogens with zero attached hydrogens (tertiary/aromatic N) is 3. The molecule has 1 saturated heterocycles. The quantitative estimate of drug-likeness (QED) is 0.644. The zero-order valence-electron chi connectivity index (χ0n) is 18.9. The molecule has 0 bridgehead atoms. The number of hydrogen-bond donors (Lipinski definition) is 1. The summed E-state index contributed by atoms with van der Waals surface area (Å²) in [5.41, 5.74) is 1.52. The molecule has 1 aliphatic heterocycles. The number of benzene rings is 1. The van der Waals surface area contributed by atoms with E-state index in [1.807, 2.05) is 30.9 Å². The van der Waals surface area contributed by atoms with Gasteiger partial charge in [0.25, 0.3) is 5.91 Å². The molecule has 3 rings (SSSR count). The Labute approximate surface area is 189 Å². The SMILES string of the molecule is CCNC(=O)CN1CCCN(C(=O)c2ccc(OCc3cccnc3)c(OCC)c2)CC1. The molecule has 8 heteroatoms. The van der Waals surface area contributed by atoms with Gasteiger partial charge in [0.05, 0.1) is 13.2 Å². The minimum Gasteiger partial charge on any atom is -0.490 e. The van der Waals surface area contributed by atoms with Gasteiger partial charge in [0, 0.05) is 56.2 Å². The van der Waals surface area contributed by atoms with E-state index in [-0.39, 0.29) is 11.8 Å². The number of carbonyl (C=O) groups excluding carboxylic acids is 2. The first-order valence-electron chi connectivity index (χ1n) is 11.2. The van der Waals surface area contributed by atoms with Crippen LogP contribution in [0.4, 0.5) is 0 Å². The summed E-state index contributed by atoms with van der Waals surface area (Å²) in [6.07, 6.45) is 4.31. The molecule has 172 valence electrons. The number of hydrogen-bond acceptors (Lipinski definition) is 6. The molecule has 1 N–H and O–H groups in total. The predicted molar refractivity (Wildman–Crippen MR) is 122 cm³/mol. The Balaban J connectivity index is 1.64. The lowest BCUT2D eigenvalue weighted by atomic mass is 10.1. The van der Waals surface area contributed by atoms with Gasteiger partial charge in [-0.05, 0) is 44.5 Å². The van der Waals surface area contributed by atoms with Crippen molar-refractivity contribution >= 4 is 11.8 Å². The Hall–Kier alpha value is -3.13. The average molecular weight is 441 g/mol. The topological polar surface area (TPSA) is 84.0 Å². The fourth-order valence-corrected chi connectivity index (χ4v) is 3.64. The first-order chi connectivity index (χ1) is 15.6. The van der Waals surface area contributed by atoms with Crippen LogP contribution in [0.5, 0.6) is 11.5 Å². The van der Waals surface area contributed by atoms with Crippen molar-refractivity contribution in [3.8, 4) is 11.5 Å². The third kappa shape index (κ3) is 6.68. The van der Waals surface area contributed by atoms with E-state index in [0.29, 0.717) is 63.0 Å². The summed E-state index contributed by atoms with van der Waals surface area (Å²) in [4.78, 5) is 33.1. The highest BCUT2D eigenvalue weighted by atomic mass is 16.5. The molecule has 0 unspecified atom stereocenters. The van der Waals surface area contributed by atoms with Crippen molar-refractivity contribution in [3.05, 3.63) is 53.9 Å². The summed E-state index contributed by atoms with van der Waals surface area (Å²) in [5, 5.41) is 2.83. The number of aromatic nitrogens is 1. The lowest BCUT2D eigenvalue weighted by Crippen LogP contribution is -2.40. The monoisotopic (exact) mass is 440 g/mol. The highest BCUT2D eigenvalue weighted by Gasteiger charge is 2.22. The van der Waals surface area contributed by atoms with E-state index >= 15 is 0 Å². The van der Waals surface area contributed by atoms with Crippen molar-refractivity contribution < 1.29 is 19.1 Å². The molecule has 2 amide bonds. The van der Waals surface area contributed by atoms with Gasteiger partial charge >= 0.3 is 0 Å². The Morgan fingerprint density at radius 3 is 2.69 bits per heavy atom. The van der Waals surface area contributed by atoms with Crippen LogP contribution >= 0.6 is 0 Å². The highest BCUT2D eigenvalue weighted by Crippen LogP contribution is 2.30. The van der Waals surface area contributed by atoms with Crippen molar-refractivity contribution in [2.75, 3.05) is 45.9 Å².